The lowest BCUT2D eigenvalue weighted by atomic mass is 10.2. The van der Waals surface area contributed by atoms with Crippen LogP contribution in [0.2, 0.25) is 0 Å². The second-order valence-corrected chi connectivity index (χ2v) is 4.62. The fraction of sp³-hybridized carbons (Fsp3) is 0.267. The van der Waals surface area contributed by atoms with Crippen molar-refractivity contribution in [3.8, 4) is 0 Å². The molecule has 2 N–H and O–H groups in total. The molecule has 1 amide bonds. The standard InChI is InChI=1S/C15H17N3O4/c1-10-9-13(18-22-10)17-14(19)7-8-16-12-5-3-11(4-6-12)15(20)21-2/h3-6,9,16H,7-8H2,1-2H3,(H,17,18,19). The number of esters is 1. The molecule has 1 heterocycles. The van der Waals surface area contributed by atoms with Gasteiger partial charge in [0.05, 0.1) is 12.7 Å². The summed E-state index contributed by atoms with van der Waals surface area (Å²) >= 11 is 0. The van der Waals surface area contributed by atoms with Crippen LogP contribution in [0.4, 0.5) is 11.5 Å². The molecule has 0 radical (unpaired) electrons. The zero-order valence-corrected chi connectivity index (χ0v) is 12.4. The van der Waals surface area contributed by atoms with Gasteiger partial charge >= 0.3 is 5.97 Å². The number of carbonyl (C=O) groups excluding carboxylic acids is 2. The van der Waals surface area contributed by atoms with E-state index in [0.29, 0.717) is 23.7 Å². The Balaban J connectivity index is 1.76. The van der Waals surface area contributed by atoms with Crippen molar-refractivity contribution >= 4 is 23.4 Å². The first-order valence-electron chi connectivity index (χ1n) is 6.74. The van der Waals surface area contributed by atoms with E-state index in [2.05, 4.69) is 20.5 Å². The molecule has 0 spiro atoms. The van der Waals surface area contributed by atoms with Gasteiger partial charge in [-0.25, -0.2) is 4.79 Å². The molecule has 0 saturated carbocycles. The topological polar surface area (TPSA) is 93.5 Å². The summed E-state index contributed by atoms with van der Waals surface area (Å²) in [7, 11) is 1.34. The van der Waals surface area contributed by atoms with Crippen molar-refractivity contribution in [3.63, 3.8) is 0 Å². The van der Waals surface area contributed by atoms with Gasteiger partial charge in [0, 0.05) is 24.7 Å². The van der Waals surface area contributed by atoms with Crippen LogP contribution in [0, 0.1) is 6.92 Å². The molecule has 1 aromatic heterocycles. The average Bonchev–Trinajstić information content (AvgIpc) is 2.92. The molecule has 1 aromatic carbocycles. The van der Waals surface area contributed by atoms with Crippen molar-refractivity contribution in [1.82, 2.24) is 5.16 Å². The zero-order valence-electron chi connectivity index (χ0n) is 12.4. The van der Waals surface area contributed by atoms with Crippen molar-refractivity contribution in [3.05, 3.63) is 41.7 Å². The number of rotatable bonds is 6. The number of benzene rings is 1. The van der Waals surface area contributed by atoms with Gasteiger partial charge in [0.15, 0.2) is 5.82 Å². The molecular weight excluding hydrogens is 286 g/mol. The molecule has 0 unspecified atom stereocenters. The van der Waals surface area contributed by atoms with Gasteiger partial charge in [0.1, 0.15) is 5.76 Å². The SMILES string of the molecule is COC(=O)c1ccc(NCCC(=O)Nc2cc(C)on2)cc1. The number of nitrogens with zero attached hydrogens (tertiary/aromatic N) is 1. The van der Waals surface area contributed by atoms with E-state index in [0.717, 1.165) is 5.69 Å². The number of aromatic nitrogens is 1. The van der Waals surface area contributed by atoms with Gasteiger partial charge in [-0.05, 0) is 31.2 Å². The molecular formula is C15H17N3O4. The van der Waals surface area contributed by atoms with Gasteiger partial charge in [0.25, 0.3) is 0 Å². The minimum absolute atomic E-state index is 0.160. The third-order valence-electron chi connectivity index (χ3n) is 2.88. The van der Waals surface area contributed by atoms with Crippen LogP contribution in [0.3, 0.4) is 0 Å². The lowest BCUT2D eigenvalue weighted by Gasteiger charge is -2.07. The van der Waals surface area contributed by atoms with E-state index >= 15 is 0 Å². The first-order valence-corrected chi connectivity index (χ1v) is 6.74. The Bertz CT molecular complexity index is 649. The molecule has 0 aliphatic heterocycles. The van der Waals surface area contributed by atoms with Crippen LogP contribution in [-0.2, 0) is 9.53 Å². The number of ether oxygens (including phenoxy) is 1. The summed E-state index contributed by atoms with van der Waals surface area (Å²) in [5.41, 5.74) is 1.30. The van der Waals surface area contributed by atoms with Crippen LogP contribution >= 0.6 is 0 Å². The third kappa shape index (κ3) is 4.34. The number of aryl methyl sites for hydroxylation is 1. The van der Waals surface area contributed by atoms with E-state index in [1.54, 1.807) is 37.3 Å². The Morgan fingerprint density at radius 3 is 2.59 bits per heavy atom. The summed E-state index contributed by atoms with van der Waals surface area (Å²) in [5, 5.41) is 9.41. The number of methoxy groups -OCH3 is 1. The Morgan fingerprint density at radius 2 is 2.00 bits per heavy atom. The van der Waals surface area contributed by atoms with Gasteiger partial charge in [-0.15, -0.1) is 0 Å². The van der Waals surface area contributed by atoms with E-state index in [9.17, 15) is 9.59 Å². The molecule has 0 aliphatic carbocycles. The molecule has 7 nitrogen and oxygen atoms in total. The van der Waals surface area contributed by atoms with Crippen LogP contribution in [-0.4, -0.2) is 30.7 Å². The van der Waals surface area contributed by atoms with E-state index < -0.39 is 0 Å². The number of amides is 1. The summed E-state index contributed by atoms with van der Waals surface area (Å²) in [5.74, 6) is 0.505. The van der Waals surface area contributed by atoms with Gasteiger partial charge in [0.2, 0.25) is 5.91 Å². The smallest absolute Gasteiger partial charge is 0.337 e. The molecule has 7 heteroatoms. The van der Waals surface area contributed by atoms with Crippen molar-refractivity contribution in [1.29, 1.82) is 0 Å². The number of anilines is 2. The van der Waals surface area contributed by atoms with Crippen LogP contribution < -0.4 is 10.6 Å². The summed E-state index contributed by atoms with van der Waals surface area (Å²) in [6.07, 6.45) is 0.282. The Kier molecular flexibility index (Phi) is 5.13. The fourth-order valence-electron chi connectivity index (χ4n) is 1.79. The highest BCUT2D eigenvalue weighted by atomic mass is 16.5. The maximum atomic E-state index is 11.7. The quantitative estimate of drug-likeness (QED) is 0.795. The molecule has 2 rings (SSSR count). The molecule has 22 heavy (non-hydrogen) atoms. The largest absolute Gasteiger partial charge is 0.465 e. The third-order valence-corrected chi connectivity index (χ3v) is 2.88. The molecule has 116 valence electrons. The van der Waals surface area contributed by atoms with Crippen LogP contribution in [0.1, 0.15) is 22.5 Å². The monoisotopic (exact) mass is 303 g/mol. The van der Waals surface area contributed by atoms with E-state index in [4.69, 9.17) is 4.52 Å². The van der Waals surface area contributed by atoms with Crippen LogP contribution in [0.25, 0.3) is 0 Å². The highest BCUT2D eigenvalue weighted by Crippen LogP contribution is 2.11. The Morgan fingerprint density at radius 1 is 1.27 bits per heavy atom. The summed E-state index contributed by atoms with van der Waals surface area (Å²) < 4.78 is 9.48. The minimum Gasteiger partial charge on any atom is -0.465 e. The molecule has 0 aliphatic rings. The highest BCUT2D eigenvalue weighted by molar-refractivity contribution is 5.90. The predicted octanol–water partition coefficient (Wildman–Crippen LogP) is 2.21. The lowest BCUT2D eigenvalue weighted by Crippen LogP contribution is -2.16. The fourth-order valence-corrected chi connectivity index (χ4v) is 1.79. The predicted molar refractivity (Wildman–Crippen MR) is 80.8 cm³/mol. The van der Waals surface area contributed by atoms with E-state index in [1.165, 1.54) is 7.11 Å². The van der Waals surface area contributed by atoms with Crippen molar-refractivity contribution in [2.75, 3.05) is 24.3 Å². The average molecular weight is 303 g/mol. The van der Waals surface area contributed by atoms with Crippen molar-refractivity contribution in [2.24, 2.45) is 0 Å². The lowest BCUT2D eigenvalue weighted by molar-refractivity contribution is -0.116. The van der Waals surface area contributed by atoms with E-state index in [1.807, 2.05) is 0 Å². The van der Waals surface area contributed by atoms with Gasteiger partial charge in [-0.3, -0.25) is 4.79 Å². The molecule has 0 fully saturated rings. The Hall–Kier alpha value is -2.83. The minimum atomic E-state index is -0.381. The van der Waals surface area contributed by atoms with Crippen molar-refractivity contribution < 1.29 is 18.8 Å². The number of hydrogen-bond donors (Lipinski definition) is 2. The molecule has 0 saturated heterocycles. The molecule has 0 atom stereocenters. The number of carbonyl (C=O) groups is 2. The second-order valence-electron chi connectivity index (χ2n) is 4.62. The van der Waals surface area contributed by atoms with E-state index in [-0.39, 0.29) is 18.3 Å². The summed E-state index contributed by atoms with van der Waals surface area (Å²) in [4.78, 5) is 23.0. The maximum absolute atomic E-state index is 11.7. The Labute approximate surface area is 127 Å². The highest BCUT2D eigenvalue weighted by Gasteiger charge is 2.07. The zero-order chi connectivity index (χ0) is 15.9. The maximum Gasteiger partial charge on any atom is 0.337 e. The van der Waals surface area contributed by atoms with Gasteiger partial charge < -0.3 is 19.9 Å². The normalized spacial score (nSPS) is 10.1. The van der Waals surface area contributed by atoms with Crippen LogP contribution in [0.15, 0.2) is 34.9 Å². The summed E-state index contributed by atoms with van der Waals surface area (Å²) in [6.45, 7) is 2.21. The molecule has 2 aromatic rings. The van der Waals surface area contributed by atoms with Gasteiger partial charge in [-0.1, -0.05) is 5.16 Å². The second kappa shape index (κ2) is 7.26. The number of hydrogen-bond acceptors (Lipinski definition) is 6. The molecule has 0 bridgehead atoms. The first-order chi connectivity index (χ1) is 10.6. The summed E-state index contributed by atoms with van der Waals surface area (Å²) in [6, 6.07) is 8.48. The van der Waals surface area contributed by atoms with Crippen molar-refractivity contribution in [2.45, 2.75) is 13.3 Å². The van der Waals surface area contributed by atoms with Gasteiger partial charge in [-0.2, -0.15) is 0 Å². The number of nitrogens with one attached hydrogen (secondary N) is 2. The van der Waals surface area contributed by atoms with Crippen LogP contribution in [0.5, 0.6) is 0 Å². The first kappa shape index (κ1) is 15.6.